The highest BCUT2D eigenvalue weighted by Gasteiger charge is 2.47. The Morgan fingerprint density at radius 1 is 0.969 bits per heavy atom. The van der Waals surface area contributed by atoms with E-state index in [1.807, 2.05) is 38.1 Å². The first kappa shape index (κ1) is 21.7. The van der Waals surface area contributed by atoms with Crippen molar-refractivity contribution in [3.8, 4) is 5.75 Å². The number of aliphatic hydroxyl groups is 1. The lowest BCUT2D eigenvalue weighted by Gasteiger charge is -2.26. The zero-order valence-electron chi connectivity index (χ0n) is 17.9. The molecule has 1 amide bonds. The summed E-state index contributed by atoms with van der Waals surface area (Å²) < 4.78 is 5.36. The molecular weight excluding hydrogens is 426 g/mol. The highest BCUT2D eigenvalue weighted by molar-refractivity contribution is 6.51. The van der Waals surface area contributed by atoms with Crippen LogP contribution in [0, 0.1) is 13.8 Å². The number of aliphatic hydroxyl groups excluding tert-OH is 1. The van der Waals surface area contributed by atoms with Gasteiger partial charge < -0.3 is 9.84 Å². The van der Waals surface area contributed by atoms with Crippen molar-refractivity contribution >= 4 is 34.7 Å². The summed E-state index contributed by atoms with van der Waals surface area (Å²) in [5, 5.41) is 11.6. The molecule has 0 saturated carbocycles. The van der Waals surface area contributed by atoms with Gasteiger partial charge in [-0.2, -0.15) is 0 Å². The SMILES string of the molecule is COc1cccc(C2/C(=C(\O)c3ccc(Cl)cc3)C(=O)C(=O)N2c2cc(C)cc(C)c2)c1. The van der Waals surface area contributed by atoms with Crippen LogP contribution in [0.15, 0.2) is 72.3 Å². The third-order valence-corrected chi connectivity index (χ3v) is 5.71. The fourth-order valence-electron chi connectivity index (χ4n) is 4.08. The number of carbonyl (C=O) groups excluding carboxylic acids is 2. The number of amides is 1. The Morgan fingerprint density at radius 3 is 2.25 bits per heavy atom. The molecule has 0 spiro atoms. The number of rotatable bonds is 4. The van der Waals surface area contributed by atoms with E-state index in [0.717, 1.165) is 11.1 Å². The fraction of sp³-hybridized carbons (Fsp3) is 0.154. The number of hydrogen-bond donors (Lipinski definition) is 1. The van der Waals surface area contributed by atoms with E-state index >= 15 is 0 Å². The van der Waals surface area contributed by atoms with Gasteiger partial charge in [0.2, 0.25) is 0 Å². The minimum absolute atomic E-state index is 0.0183. The van der Waals surface area contributed by atoms with Crippen LogP contribution >= 0.6 is 11.6 Å². The van der Waals surface area contributed by atoms with E-state index in [-0.39, 0.29) is 11.3 Å². The second kappa shape index (κ2) is 8.52. The maximum absolute atomic E-state index is 13.2. The van der Waals surface area contributed by atoms with Crippen molar-refractivity contribution < 1.29 is 19.4 Å². The van der Waals surface area contributed by atoms with Gasteiger partial charge >= 0.3 is 0 Å². The predicted molar refractivity (Wildman–Crippen MR) is 125 cm³/mol. The highest BCUT2D eigenvalue weighted by Crippen LogP contribution is 2.43. The van der Waals surface area contributed by atoms with Crippen LogP contribution in [-0.2, 0) is 9.59 Å². The predicted octanol–water partition coefficient (Wildman–Crippen LogP) is 5.59. The Hall–Kier alpha value is -3.57. The number of methoxy groups -OCH3 is 1. The molecule has 1 heterocycles. The van der Waals surface area contributed by atoms with Crippen molar-refractivity contribution in [2.75, 3.05) is 12.0 Å². The van der Waals surface area contributed by atoms with Gasteiger partial charge in [-0.05, 0) is 79.1 Å². The van der Waals surface area contributed by atoms with Crippen molar-refractivity contribution in [1.29, 1.82) is 0 Å². The number of Topliss-reactive ketones (excluding diaryl/α,β-unsaturated/α-hetero) is 1. The standard InChI is InChI=1S/C26H22ClNO4/c1-15-11-16(2)13-20(12-15)28-23(18-5-4-6-21(14-18)32-3)22(25(30)26(28)31)24(29)17-7-9-19(27)10-8-17/h4-14,23,29H,1-3H3/b24-22+. The molecule has 1 N–H and O–H groups in total. The first-order chi connectivity index (χ1) is 15.3. The van der Waals surface area contributed by atoms with E-state index in [1.165, 1.54) is 4.90 Å². The topological polar surface area (TPSA) is 66.8 Å². The normalized spacial score (nSPS) is 17.6. The zero-order chi connectivity index (χ0) is 23.0. The van der Waals surface area contributed by atoms with E-state index < -0.39 is 17.7 Å². The maximum Gasteiger partial charge on any atom is 0.300 e. The van der Waals surface area contributed by atoms with Crippen LogP contribution in [0.1, 0.15) is 28.3 Å². The van der Waals surface area contributed by atoms with Crippen LogP contribution in [0.3, 0.4) is 0 Å². The number of ketones is 1. The van der Waals surface area contributed by atoms with Crippen LogP contribution < -0.4 is 9.64 Å². The van der Waals surface area contributed by atoms with Gasteiger partial charge in [0, 0.05) is 16.3 Å². The second-order valence-corrected chi connectivity index (χ2v) is 8.23. The quantitative estimate of drug-likeness (QED) is 0.321. The van der Waals surface area contributed by atoms with Gasteiger partial charge in [0.05, 0.1) is 18.7 Å². The number of aryl methyl sites for hydroxylation is 2. The molecule has 6 heteroatoms. The summed E-state index contributed by atoms with van der Waals surface area (Å²) in [6.07, 6.45) is 0. The Labute approximate surface area is 191 Å². The summed E-state index contributed by atoms with van der Waals surface area (Å²) >= 11 is 5.98. The van der Waals surface area contributed by atoms with E-state index in [2.05, 4.69) is 0 Å². The van der Waals surface area contributed by atoms with Gasteiger partial charge in [0.15, 0.2) is 0 Å². The molecule has 162 valence electrons. The van der Waals surface area contributed by atoms with Crippen molar-refractivity contribution in [3.63, 3.8) is 0 Å². The van der Waals surface area contributed by atoms with Crippen molar-refractivity contribution in [1.82, 2.24) is 0 Å². The first-order valence-electron chi connectivity index (χ1n) is 10.1. The van der Waals surface area contributed by atoms with E-state index in [4.69, 9.17) is 16.3 Å². The molecule has 1 aliphatic heterocycles. The smallest absolute Gasteiger partial charge is 0.300 e. The largest absolute Gasteiger partial charge is 0.507 e. The molecule has 5 nitrogen and oxygen atoms in total. The summed E-state index contributed by atoms with van der Waals surface area (Å²) in [5.41, 5.74) is 3.59. The van der Waals surface area contributed by atoms with Crippen molar-refractivity contribution in [2.45, 2.75) is 19.9 Å². The Balaban J connectivity index is 1.97. The van der Waals surface area contributed by atoms with Crippen LogP contribution in [0.5, 0.6) is 5.75 Å². The molecule has 1 saturated heterocycles. The number of carbonyl (C=O) groups is 2. The van der Waals surface area contributed by atoms with E-state index in [0.29, 0.717) is 27.6 Å². The van der Waals surface area contributed by atoms with Crippen LogP contribution in [0.25, 0.3) is 5.76 Å². The van der Waals surface area contributed by atoms with Gasteiger partial charge in [-0.15, -0.1) is 0 Å². The third kappa shape index (κ3) is 3.87. The molecule has 0 aromatic heterocycles. The molecule has 1 atom stereocenters. The summed E-state index contributed by atoms with van der Waals surface area (Å²) in [4.78, 5) is 27.9. The fourth-order valence-corrected chi connectivity index (χ4v) is 4.20. The number of anilines is 1. The van der Waals surface area contributed by atoms with Crippen molar-refractivity contribution in [2.24, 2.45) is 0 Å². The monoisotopic (exact) mass is 447 g/mol. The number of benzene rings is 3. The molecule has 1 fully saturated rings. The van der Waals surface area contributed by atoms with Gasteiger partial charge in [-0.25, -0.2) is 0 Å². The molecule has 1 unspecified atom stereocenters. The second-order valence-electron chi connectivity index (χ2n) is 7.80. The number of nitrogens with zero attached hydrogens (tertiary/aromatic N) is 1. The van der Waals surface area contributed by atoms with Crippen LogP contribution in [0.4, 0.5) is 5.69 Å². The van der Waals surface area contributed by atoms with E-state index in [1.54, 1.807) is 49.6 Å². The zero-order valence-corrected chi connectivity index (χ0v) is 18.7. The molecule has 4 rings (SSSR count). The lowest BCUT2D eigenvalue weighted by molar-refractivity contribution is -0.132. The average Bonchev–Trinajstić information content (AvgIpc) is 3.04. The number of hydrogen-bond acceptors (Lipinski definition) is 4. The Kier molecular flexibility index (Phi) is 5.76. The molecule has 3 aromatic rings. The minimum atomic E-state index is -0.818. The summed E-state index contributed by atoms with van der Waals surface area (Å²) in [5.74, 6) is -1.11. The average molecular weight is 448 g/mol. The van der Waals surface area contributed by atoms with Gasteiger partial charge in [0.25, 0.3) is 11.7 Å². The Bertz CT molecular complexity index is 1230. The van der Waals surface area contributed by atoms with Crippen molar-refractivity contribution in [3.05, 3.63) is 99.6 Å². The lowest BCUT2D eigenvalue weighted by Crippen LogP contribution is -2.29. The Morgan fingerprint density at radius 2 is 1.62 bits per heavy atom. The molecule has 1 aliphatic rings. The molecule has 0 bridgehead atoms. The summed E-state index contributed by atoms with van der Waals surface area (Å²) in [6.45, 7) is 3.86. The van der Waals surface area contributed by atoms with Crippen LogP contribution in [-0.4, -0.2) is 23.9 Å². The highest BCUT2D eigenvalue weighted by atomic mass is 35.5. The molecule has 3 aromatic carbocycles. The third-order valence-electron chi connectivity index (χ3n) is 5.46. The van der Waals surface area contributed by atoms with Gasteiger partial charge in [-0.1, -0.05) is 29.8 Å². The minimum Gasteiger partial charge on any atom is -0.507 e. The first-order valence-corrected chi connectivity index (χ1v) is 10.5. The number of ether oxygens (including phenoxy) is 1. The van der Waals surface area contributed by atoms with Crippen LogP contribution in [0.2, 0.25) is 5.02 Å². The molecule has 0 aliphatic carbocycles. The van der Waals surface area contributed by atoms with Gasteiger partial charge in [-0.3, -0.25) is 14.5 Å². The molecular formula is C26H22ClNO4. The summed E-state index contributed by atoms with van der Waals surface area (Å²) in [6, 6.07) is 18.5. The number of halogens is 1. The maximum atomic E-state index is 13.2. The lowest BCUT2D eigenvalue weighted by atomic mass is 9.95. The molecule has 32 heavy (non-hydrogen) atoms. The van der Waals surface area contributed by atoms with E-state index in [9.17, 15) is 14.7 Å². The van der Waals surface area contributed by atoms with Gasteiger partial charge in [0.1, 0.15) is 11.5 Å². The summed E-state index contributed by atoms with van der Waals surface area (Å²) in [7, 11) is 1.55. The molecule has 0 radical (unpaired) electrons.